The molecule has 1 fully saturated rings. The van der Waals surface area contributed by atoms with Crippen LogP contribution in [0.1, 0.15) is 0 Å². The maximum atomic E-state index is 12.1. The first kappa shape index (κ1) is 14.3. The SMILES string of the molecule is O=C1CN(CCS(=O)(=O)c2ccc(Cl)cc2)CCN1. The van der Waals surface area contributed by atoms with Crippen LogP contribution >= 0.6 is 11.6 Å². The van der Waals surface area contributed by atoms with E-state index in [0.29, 0.717) is 24.7 Å². The molecule has 0 unspecified atom stereocenters. The second-order valence-corrected chi connectivity index (χ2v) is 6.94. The number of amides is 1. The van der Waals surface area contributed by atoms with Crippen LogP contribution in [0.2, 0.25) is 5.02 Å². The molecular formula is C12H15ClN2O3S. The molecule has 1 aliphatic rings. The van der Waals surface area contributed by atoms with Gasteiger partial charge in [-0.1, -0.05) is 11.6 Å². The first-order chi connectivity index (χ1) is 8.97. The fourth-order valence-electron chi connectivity index (χ4n) is 1.89. The van der Waals surface area contributed by atoms with Crippen LogP contribution in [-0.2, 0) is 14.6 Å². The Kier molecular flexibility index (Phi) is 4.44. The van der Waals surface area contributed by atoms with Crippen LogP contribution in [0.15, 0.2) is 29.2 Å². The molecule has 0 radical (unpaired) electrons. The monoisotopic (exact) mass is 302 g/mol. The molecular weight excluding hydrogens is 288 g/mol. The second kappa shape index (κ2) is 5.90. The summed E-state index contributed by atoms with van der Waals surface area (Å²) in [6.07, 6.45) is 0. The summed E-state index contributed by atoms with van der Waals surface area (Å²) in [5.74, 6) is -0.0582. The Morgan fingerprint density at radius 1 is 1.26 bits per heavy atom. The molecule has 1 heterocycles. The zero-order chi connectivity index (χ0) is 13.9. The van der Waals surface area contributed by atoms with E-state index in [9.17, 15) is 13.2 Å². The second-order valence-electron chi connectivity index (χ2n) is 4.40. The molecule has 5 nitrogen and oxygen atoms in total. The number of benzene rings is 1. The molecule has 1 aliphatic heterocycles. The molecule has 7 heteroatoms. The van der Waals surface area contributed by atoms with Gasteiger partial charge < -0.3 is 5.32 Å². The van der Waals surface area contributed by atoms with Crippen molar-refractivity contribution in [3.63, 3.8) is 0 Å². The Morgan fingerprint density at radius 3 is 2.58 bits per heavy atom. The summed E-state index contributed by atoms with van der Waals surface area (Å²) < 4.78 is 24.2. The lowest BCUT2D eigenvalue weighted by molar-refractivity contribution is -0.123. The van der Waals surface area contributed by atoms with Gasteiger partial charge in [0, 0.05) is 24.7 Å². The minimum absolute atomic E-state index is 0.00190. The number of nitrogens with one attached hydrogen (secondary N) is 1. The lowest BCUT2D eigenvalue weighted by atomic mass is 10.3. The standard InChI is InChI=1S/C12H15ClN2O3S/c13-10-1-3-11(4-2-10)19(17,18)8-7-15-6-5-14-12(16)9-15/h1-4H,5-9H2,(H,14,16). The molecule has 2 rings (SSSR count). The lowest BCUT2D eigenvalue weighted by Crippen LogP contribution is -2.48. The third-order valence-electron chi connectivity index (χ3n) is 2.97. The number of carbonyl (C=O) groups excluding carboxylic acids is 1. The molecule has 0 saturated carbocycles. The first-order valence-corrected chi connectivity index (χ1v) is 7.98. The van der Waals surface area contributed by atoms with E-state index in [-0.39, 0.29) is 23.1 Å². The van der Waals surface area contributed by atoms with Gasteiger partial charge >= 0.3 is 0 Å². The van der Waals surface area contributed by atoms with Crippen molar-refractivity contribution in [2.45, 2.75) is 4.90 Å². The van der Waals surface area contributed by atoms with Crippen molar-refractivity contribution < 1.29 is 13.2 Å². The van der Waals surface area contributed by atoms with Crippen LogP contribution in [-0.4, -0.2) is 51.2 Å². The van der Waals surface area contributed by atoms with Gasteiger partial charge in [0.2, 0.25) is 5.91 Å². The van der Waals surface area contributed by atoms with E-state index >= 15 is 0 Å². The summed E-state index contributed by atoms with van der Waals surface area (Å²) in [6.45, 7) is 1.87. The van der Waals surface area contributed by atoms with Crippen molar-refractivity contribution in [1.82, 2.24) is 10.2 Å². The first-order valence-electron chi connectivity index (χ1n) is 5.95. The van der Waals surface area contributed by atoms with Crippen molar-refractivity contribution in [3.8, 4) is 0 Å². The Hall–Kier alpha value is -1.11. The smallest absolute Gasteiger partial charge is 0.234 e. The maximum absolute atomic E-state index is 12.1. The number of nitrogens with zero attached hydrogens (tertiary/aromatic N) is 1. The highest BCUT2D eigenvalue weighted by Crippen LogP contribution is 2.15. The largest absolute Gasteiger partial charge is 0.354 e. The predicted octanol–water partition coefficient (Wildman–Crippen LogP) is 0.546. The summed E-state index contributed by atoms with van der Waals surface area (Å²) in [5, 5.41) is 3.21. The maximum Gasteiger partial charge on any atom is 0.234 e. The number of hydrogen-bond donors (Lipinski definition) is 1. The van der Waals surface area contributed by atoms with E-state index in [1.807, 2.05) is 4.90 Å². The highest BCUT2D eigenvalue weighted by atomic mass is 35.5. The summed E-state index contributed by atoms with van der Waals surface area (Å²) in [6, 6.07) is 6.12. The minimum atomic E-state index is -3.33. The van der Waals surface area contributed by atoms with Crippen molar-refractivity contribution in [2.75, 3.05) is 31.9 Å². The lowest BCUT2D eigenvalue weighted by Gasteiger charge is -2.26. The van der Waals surface area contributed by atoms with Gasteiger partial charge in [-0.05, 0) is 24.3 Å². The Labute approximate surface area is 117 Å². The molecule has 104 valence electrons. The zero-order valence-corrected chi connectivity index (χ0v) is 11.9. The number of hydrogen-bond acceptors (Lipinski definition) is 4. The highest BCUT2D eigenvalue weighted by molar-refractivity contribution is 7.91. The molecule has 19 heavy (non-hydrogen) atoms. The van der Waals surface area contributed by atoms with E-state index < -0.39 is 9.84 Å². The molecule has 0 bridgehead atoms. The summed E-state index contributed by atoms with van der Waals surface area (Å²) >= 11 is 5.73. The zero-order valence-electron chi connectivity index (χ0n) is 10.3. The quantitative estimate of drug-likeness (QED) is 0.882. The van der Waals surface area contributed by atoms with Crippen LogP contribution in [0.5, 0.6) is 0 Å². The van der Waals surface area contributed by atoms with Crippen molar-refractivity contribution >= 4 is 27.3 Å². The van der Waals surface area contributed by atoms with Crippen LogP contribution < -0.4 is 5.32 Å². The van der Waals surface area contributed by atoms with Gasteiger partial charge in [0.15, 0.2) is 9.84 Å². The molecule has 1 N–H and O–H groups in total. The number of piperazine rings is 1. The fourth-order valence-corrected chi connectivity index (χ4v) is 3.30. The molecule has 1 aromatic carbocycles. The Balaban J connectivity index is 1.97. The minimum Gasteiger partial charge on any atom is -0.354 e. The number of sulfone groups is 1. The highest BCUT2D eigenvalue weighted by Gasteiger charge is 2.20. The number of halogens is 1. The Bertz CT molecular complexity index is 557. The fraction of sp³-hybridized carbons (Fsp3) is 0.417. The van der Waals surface area contributed by atoms with Crippen molar-refractivity contribution in [2.24, 2.45) is 0 Å². The predicted molar refractivity (Wildman–Crippen MR) is 73.0 cm³/mol. The van der Waals surface area contributed by atoms with Crippen molar-refractivity contribution in [1.29, 1.82) is 0 Å². The number of rotatable bonds is 4. The average Bonchev–Trinajstić information content (AvgIpc) is 2.37. The third kappa shape index (κ3) is 3.92. The summed E-state index contributed by atoms with van der Waals surface area (Å²) in [4.78, 5) is 13.3. The van der Waals surface area contributed by atoms with E-state index in [1.165, 1.54) is 12.1 Å². The summed E-state index contributed by atoms with van der Waals surface area (Å²) in [5.41, 5.74) is 0. The molecule has 0 spiro atoms. The average molecular weight is 303 g/mol. The van der Waals surface area contributed by atoms with Crippen LogP contribution in [0, 0.1) is 0 Å². The normalized spacial score (nSPS) is 17.2. The van der Waals surface area contributed by atoms with E-state index in [1.54, 1.807) is 12.1 Å². The van der Waals surface area contributed by atoms with Crippen LogP contribution in [0.25, 0.3) is 0 Å². The van der Waals surface area contributed by atoms with Gasteiger partial charge in [0.25, 0.3) is 0 Å². The van der Waals surface area contributed by atoms with E-state index in [0.717, 1.165) is 0 Å². The molecule has 1 saturated heterocycles. The molecule has 1 aromatic rings. The molecule has 1 amide bonds. The molecule has 0 atom stereocenters. The van der Waals surface area contributed by atoms with Gasteiger partial charge in [-0.15, -0.1) is 0 Å². The van der Waals surface area contributed by atoms with Gasteiger partial charge in [-0.3, -0.25) is 9.69 Å². The topological polar surface area (TPSA) is 66.5 Å². The summed E-state index contributed by atoms with van der Waals surface area (Å²) in [7, 11) is -3.33. The third-order valence-corrected chi connectivity index (χ3v) is 4.93. The van der Waals surface area contributed by atoms with Crippen LogP contribution in [0.4, 0.5) is 0 Å². The van der Waals surface area contributed by atoms with E-state index in [4.69, 9.17) is 11.6 Å². The molecule has 0 aromatic heterocycles. The van der Waals surface area contributed by atoms with Crippen LogP contribution in [0.3, 0.4) is 0 Å². The van der Waals surface area contributed by atoms with Gasteiger partial charge in [-0.25, -0.2) is 8.42 Å². The van der Waals surface area contributed by atoms with Crippen molar-refractivity contribution in [3.05, 3.63) is 29.3 Å². The Morgan fingerprint density at radius 2 is 1.95 bits per heavy atom. The molecule has 0 aliphatic carbocycles. The van der Waals surface area contributed by atoms with Gasteiger partial charge in [-0.2, -0.15) is 0 Å². The van der Waals surface area contributed by atoms with Gasteiger partial charge in [0.05, 0.1) is 17.2 Å². The van der Waals surface area contributed by atoms with E-state index in [2.05, 4.69) is 5.32 Å². The van der Waals surface area contributed by atoms with Gasteiger partial charge in [0.1, 0.15) is 0 Å². The number of carbonyl (C=O) groups is 1.